The maximum absolute atomic E-state index is 13.0. The highest BCUT2D eigenvalue weighted by Gasteiger charge is 2.41. The smallest absolute Gasteiger partial charge is 0.356 e. The number of benzene rings is 1. The van der Waals surface area contributed by atoms with Gasteiger partial charge in [0.25, 0.3) is 0 Å². The lowest BCUT2D eigenvalue weighted by Crippen LogP contribution is -2.46. The van der Waals surface area contributed by atoms with Crippen LogP contribution < -0.4 is 10.6 Å². The summed E-state index contributed by atoms with van der Waals surface area (Å²) >= 11 is 0. The van der Waals surface area contributed by atoms with Crippen LogP contribution >= 0.6 is 0 Å². The summed E-state index contributed by atoms with van der Waals surface area (Å²) in [5, 5.41) is 5.26. The molecular weight excluding hydrogens is 243 g/mol. The van der Waals surface area contributed by atoms with Gasteiger partial charge in [-0.1, -0.05) is 30.3 Å². The SMILES string of the molecule is FC(F)(F)C(NC1=NCCCN1)c1ccccc1. The molecule has 0 radical (unpaired) electrons. The van der Waals surface area contributed by atoms with Crippen LogP contribution in [0.25, 0.3) is 0 Å². The van der Waals surface area contributed by atoms with Crippen LogP contribution in [0, 0.1) is 0 Å². The third-order valence-corrected chi connectivity index (χ3v) is 2.64. The first kappa shape index (κ1) is 12.7. The maximum atomic E-state index is 13.0. The Balaban J connectivity index is 2.19. The van der Waals surface area contributed by atoms with Crippen LogP contribution in [0.1, 0.15) is 18.0 Å². The van der Waals surface area contributed by atoms with Gasteiger partial charge in [0, 0.05) is 13.1 Å². The van der Waals surface area contributed by atoms with E-state index in [1.165, 1.54) is 12.1 Å². The predicted molar refractivity (Wildman–Crippen MR) is 63.3 cm³/mol. The molecule has 0 aromatic heterocycles. The highest BCUT2D eigenvalue weighted by atomic mass is 19.4. The van der Waals surface area contributed by atoms with Gasteiger partial charge < -0.3 is 10.6 Å². The molecule has 1 aliphatic rings. The molecule has 1 heterocycles. The zero-order chi connectivity index (χ0) is 13.0. The van der Waals surface area contributed by atoms with Crippen LogP contribution in [0.15, 0.2) is 35.3 Å². The van der Waals surface area contributed by atoms with E-state index in [0.717, 1.165) is 6.42 Å². The molecular formula is C12H14F3N3. The third-order valence-electron chi connectivity index (χ3n) is 2.64. The largest absolute Gasteiger partial charge is 0.412 e. The number of aliphatic imine (C=N–C) groups is 1. The van der Waals surface area contributed by atoms with E-state index in [0.29, 0.717) is 13.1 Å². The Bertz CT molecular complexity index is 414. The van der Waals surface area contributed by atoms with Crippen LogP contribution in [0.4, 0.5) is 13.2 Å². The average molecular weight is 257 g/mol. The normalized spacial score (nSPS) is 17.6. The molecule has 0 saturated heterocycles. The molecule has 0 saturated carbocycles. The Labute approximate surface area is 103 Å². The zero-order valence-corrected chi connectivity index (χ0v) is 9.67. The van der Waals surface area contributed by atoms with Crippen LogP contribution in [-0.2, 0) is 0 Å². The van der Waals surface area contributed by atoms with Gasteiger partial charge in [0.2, 0.25) is 0 Å². The first-order valence-electron chi connectivity index (χ1n) is 5.74. The van der Waals surface area contributed by atoms with Crippen LogP contribution in [0.2, 0.25) is 0 Å². The highest BCUT2D eigenvalue weighted by Crippen LogP contribution is 2.32. The van der Waals surface area contributed by atoms with E-state index in [-0.39, 0.29) is 11.5 Å². The minimum Gasteiger partial charge on any atom is -0.356 e. The quantitative estimate of drug-likeness (QED) is 0.852. The predicted octanol–water partition coefficient (Wildman–Crippen LogP) is 2.23. The van der Waals surface area contributed by atoms with Gasteiger partial charge in [0.1, 0.15) is 0 Å². The van der Waals surface area contributed by atoms with Gasteiger partial charge in [0.15, 0.2) is 12.0 Å². The number of nitrogens with zero attached hydrogens (tertiary/aromatic N) is 1. The number of rotatable bonds is 2. The molecule has 18 heavy (non-hydrogen) atoms. The van der Waals surface area contributed by atoms with Gasteiger partial charge in [-0.15, -0.1) is 0 Å². The van der Waals surface area contributed by atoms with Gasteiger partial charge in [-0.2, -0.15) is 13.2 Å². The number of nitrogens with one attached hydrogen (secondary N) is 2. The molecule has 1 aromatic rings. The highest BCUT2D eigenvalue weighted by molar-refractivity contribution is 5.80. The summed E-state index contributed by atoms with van der Waals surface area (Å²) in [5.74, 6) is 0.215. The molecule has 1 aromatic carbocycles. The van der Waals surface area contributed by atoms with Crippen LogP contribution in [0.3, 0.4) is 0 Å². The van der Waals surface area contributed by atoms with Crippen molar-refractivity contribution in [3.8, 4) is 0 Å². The van der Waals surface area contributed by atoms with E-state index in [1.54, 1.807) is 18.2 Å². The summed E-state index contributed by atoms with van der Waals surface area (Å²) in [6, 6.07) is 6.04. The summed E-state index contributed by atoms with van der Waals surface area (Å²) in [7, 11) is 0. The molecule has 1 unspecified atom stereocenters. The first-order chi connectivity index (χ1) is 8.57. The fourth-order valence-electron chi connectivity index (χ4n) is 1.77. The van der Waals surface area contributed by atoms with Crippen molar-refractivity contribution in [2.45, 2.75) is 18.6 Å². The first-order valence-corrected chi connectivity index (χ1v) is 5.74. The van der Waals surface area contributed by atoms with Gasteiger partial charge in [0.05, 0.1) is 0 Å². The Morgan fingerprint density at radius 2 is 1.94 bits per heavy atom. The minimum absolute atomic E-state index is 0.181. The molecule has 0 spiro atoms. The van der Waals surface area contributed by atoms with Gasteiger partial charge in [-0.3, -0.25) is 4.99 Å². The van der Waals surface area contributed by atoms with Gasteiger partial charge in [-0.05, 0) is 12.0 Å². The fourth-order valence-corrected chi connectivity index (χ4v) is 1.77. The Morgan fingerprint density at radius 1 is 1.22 bits per heavy atom. The summed E-state index contributed by atoms with van der Waals surface area (Å²) in [4.78, 5) is 4.00. The minimum atomic E-state index is -4.36. The Kier molecular flexibility index (Phi) is 3.74. The molecule has 1 atom stereocenters. The van der Waals surface area contributed by atoms with Gasteiger partial charge in [-0.25, -0.2) is 0 Å². The van der Waals surface area contributed by atoms with E-state index >= 15 is 0 Å². The number of guanidine groups is 1. The second-order valence-corrected chi connectivity index (χ2v) is 4.04. The number of alkyl halides is 3. The number of hydrogen-bond donors (Lipinski definition) is 2. The van der Waals surface area contributed by atoms with Crippen molar-refractivity contribution in [2.75, 3.05) is 13.1 Å². The fraction of sp³-hybridized carbons (Fsp3) is 0.417. The zero-order valence-electron chi connectivity index (χ0n) is 9.67. The Morgan fingerprint density at radius 3 is 2.50 bits per heavy atom. The molecule has 1 aliphatic heterocycles. The summed E-state index contributed by atoms with van der Waals surface area (Å²) in [6.07, 6.45) is -3.52. The van der Waals surface area contributed by atoms with Crippen molar-refractivity contribution in [1.29, 1.82) is 0 Å². The molecule has 0 bridgehead atoms. The summed E-state index contributed by atoms with van der Waals surface area (Å²) < 4.78 is 39.0. The van der Waals surface area contributed by atoms with Crippen LogP contribution in [-0.4, -0.2) is 25.2 Å². The molecule has 98 valence electrons. The van der Waals surface area contributed by atoms with E-state index in [4.69, 9.17) is 0 Å². The standard InChI is InChI=1S/C12H14F3N3/c13-12(14,15)10(9-5-2-1-3-6-9)18-11-16-7-4-8-17-11/h1-3,5-6,10H,4,7-8H2,(H2,16,17,18). The molecule has 3 nitrogen and oxygen atoms in total. The topological polar surface area (TPSA) is 36.4 Å². The third kappa shape index (κ3) is 3.15. The van der Waals surface area contributed by atoms with Crippen molar-refractivity contribution in [1.82, 2.24) is 10.6 Å². The average Bonchev–Trinajstić information content (AvgIpc) is 2.37. The van der Waals surface area contributed by atoms with Crippen molar-refractivity contribution < 1.29 is 13.2 Å². The summed E-state index contributed by atoms with van der Waals surface area (Å²) in [6.45, 7) is 1.19. The van der Waals surface area contributed by atoms with Crippen LogP contribution in [0.5, 0.6) is 0 Å². The molecule has 0 aliphatic carbocycles. The molecule has 0 fully saturated rings. The van der Waals surface area contributed by atoms with E-state index in [2.05, 4.69) is 15.6 Å². The lowest BCUT2D eigenvalue weighted by Gasteiger charge is -2.25. The van der Waals surface area contributed by atoms with E-state index < -0.39 is 12.2 Å². The van der Waals surface area contributed by atoms with Crippen molar-refractivity contribution in [3.63, 3.8) is 0 Å². The van der Waals surface area contributed by atoms with Crippen molar-refractivity contribution in [2.24, 2.45) is 4.99 Å². The molecule has 2 rings (SSSR count). The Hall–Kier alpha value is -1.72. The van der Waals surface area contributed by atoms with Crippen molar-refractivity contribution in [3.05, 3.63) is 35.9 Å². The molecule has 0 amide bonds. The molecule has 2 N–H and O–H groups in total. The van der Waals surface area contributed by atoms with E-state index in [9.17, 15) is 13.2 Å². The van der Waals surface area contributed by atoms with E-state index in [1.807, 2.05) is 0 Å². The summed E-state index contributed by atoms with van der Waals surface area (Å²) in [5.41, 5.74) is 0.181. The monoisotopic (exact) mass is 257 g/mol. The second-order valence-electron chi connectivity index (χ2n) is 4.04. The second kappa shape index (κ2) is 5.29. The lowest BCUT2D eigenvalue weighted by atomic mass is 10.1. The maximum Gasteiger partial charge on any atom is 0.412 e. The van der Waals surface area contributed by atoms with Crippen molar-refractivity contribution >= 4 is 5.96 Å². The lowest BCUT2D eigenvalue weighted by molar-refractivity contribution is -0.154. The number of hydrogen-bond acceptors (Lipinski definition) is 3. The molecule has 6 heteroatoms. The van der Waals surface area contributed by atoms with Gasteiger partial charge >= 0.3 is 6.18 Å². The number of halogens is 3.